The highest BCUT2D eigenvalue weighted by atomic mass is 32.1. The van der Waals surface area contributed by atoms with Crippen molar-refractivity contribution in [2.24, 2.45) is 0 Å². The van der Waals surface area contributed by atoms with Crippen LogP contribution in [0.4, 0.5) is 5.69 Å². The number of nitrogens with one attached hydrogen (secondary N) is 1. The molecule has 29 heavy (non-hydrogen) atoms. The SMILES string of the molecule is CCn1cc(CNc2ccc(-c3nc4ccc(C)cc4s3)cc2)c2ccccc21. The summed E-state index contributed by atoms with van der Waals surface area (Å²) in [6, 6.07) is 23.6. The molecule has 0 radical (unpaired) electrons. The molecule has 144 valence electrons. The van der Waals surface area contributed by atoms with Crippen molar-refractivity contribution < 1.29 is 0 Å². The third kappa shape index (κ3) is 3.40. The molecular formula is C25H23N3S. The molecule has 0 amide bonds. The van der Waals surface area contributed by atoms with Gasteiger partial charge < -0.3 is 9.88 Å². The van der Waals surface area contributed by atoms with E-state index in [2.05, 4.69) is 96.7 Å². The van der Waals surface area contributed by atoms with Crippen molar-refractivity contribution in [1.82, 2.24) is 9.55 Å². The van der Waals surface area contributed by atoms with Crippen LogP contribution in [0.5, 0.6) is 0 Å². The van der Waals surface area contributed by atoms with Crippen LogP contribution in [0.3, 0.4) is 0 Å². The van der Waals surface area contributed by atoms with E-state index in [0.717, 1.165) is 34.9 Å². The Morgan fingerprint density at radius 3 is 2.66 bits per heavy atom. The fraction of sp³-hybridized carbons (Fsp3) is 0.160. The summed E-state index contributed by atoms with van der Waals surface area (Å²) in [6.45, 7) is 6.10. The molecule has 1 N–H and O–H groups in total. The maximum absolute atomic E-state index is 4.79. The van der Waals surface area contributed by atoms with Crippen molar-refractivity contribution in [3.8, 4) is 10.6 Å². The van der Waals surface area contributed by atoms with E-state index >= 15 is 0 Å². The van der Waals surface area contributed by atoms with E-state index in [1.165, 1.54) is 26.7 Å². The van der Waals surface area contributed by atoms with E-state index in [0.29, 0.717) is 0 Å². The number of nitrogens with zero attached hydrogens (tertiary/aromatic N) is 2. The number of benzene rings is 3. The molecule has 0 aliphatic rings. The molecule has 0 atom stereocenters. The Kier molecular flexibility index (Phi) is 4.57. The van der Waals surface area contributed by atoms with Crippen molar-refractivity contribution >= 4 is 38.1 Å². The van der Waals surface area contributed by atoms with Gasteiger partial charge in [0.15, 0.2) is 0 Å². The topological polar surface area (TPSA) is 29.9 Å². The van der Waals surface area contributed by atoms with Crippen LogP contribution in [-0.4, -0.2) is 9.55 Å². The second-order valence-corrected chi connectivity index (χ2v) is 8.41. The van der Waals surface area contributed by atoms with E-state index in [1.54, 1.807) is 11.3 Å². The highest BCUT2D eigenvalue weighted by Crippen LogP contribution is 2.31. The lowest BCUT2D eigenvalue weighted by molar-refractivity contribution is 0.793. The van der Waals surface area contributed by atoms with Crippen LogP contribution in [0.15, 0.2) is 72.9 Å². The number of anilines is 1. The van der Waals surface area contributed by atoms with E-state index in [4.69, 9.17) is 4.98 Å². The van der Waals surface area contributed by atoms with Gasteiger partial charge in [-0.25, -0.2) is 4.98 Å². The number of para-hydroxylation sites is 1. The van der Waals surface area contributed by atoms with E-state index in [1.807, 2.05) is 0 Å². The number of aryl methyl sites for hydroxylation is 2. The number of fused-ring (bicyclic) bond motifs is 2. The Morgan fingerprint density at radius 2 is 1.83 bits per heavy atom. The number of aromatic nitrogens is 2. The molecule has 2 heterocycles. The van der Waals surface area contributed by atoms with Crippen molar-refractivity contribution in [1.29, 1.82) is 0 Å². The highest BCUT2D eigenvalue weighted by molar-refractivity contribution is 7.21. The van der Waals surface area contributed by atoms with Gasteiger partial charge in [-0.1, -0.05) is 24.3 Å². The fourth-order valence-electron chi connectivity index (χ4n) is 3.81. The molecule has 0 aliphatic carbocycles. The quantitative estimate of drug-likeness (QED) is 0.351. The van der Waals surface area contributed by atoms with Gasteiger partial charge in [-0.3, -0.25) is 0 Å². The largest absolute Gasteiger partial charge is 0.381 e. The first-order chi connectivity index (χ1) is 14.2. The summed E-state index contributed by atoms with van der Waals surface area (Å²) in [7, 11) is 0. The summed E-state index contributed by atoms with van der Waals surface area (Å²) >= 11 is 1.75. The molecule has 3 nitrogen and oxygen atoms in total. The highest BCUT2D eigenvalue weighted by Gasteiger charge is 2.08. The number of thiazole rings is 1. The fourth-order valence-corrected chi connectivity index (χ4v) is 4.88. The zero-order valence-electron chi connectivity index (χ0n) is 16.6. The standard InChI is InChI=1S/C25H23N3S/c1-3-28-16-19(21-6-4-5-7-23(21)28)15-26-20-11-9-18(10-12-20)25-27-22-13-8-17(2)14-24(22)29-25/h4-14,16,26H,3,15H2,1-2H3. The van der Waals surface area contributed by atoms with Gasteiger partial charge in [-0.15, -0.1) is 11.3 Å². The maximum atomic E-state index is 4.79. The Morgan fingerprint density at radius 1 is 1.00 bits per heavy atom. The molecule has 0 fully saturated rings. The Balaban J connectivity index is 1.35. The number of rotatable bonds is 5. The van der Waals surface area contributed by atoms with E-state index < -0.39 is 0 Å². The van der Waals surface area contributed by atoms with Gasteiger partial charge in [-0.05, 0) is 67.4 Å². The van der Waals surface area contributed by atoms with Gasteiger partial charge in [-0.2, -0.15) is 0 Å². The molecule has 2 aromatic heterocycles. The first kappa shape index (κ1) is 18.0. The van der Waals surface area contributed by atoms with Crippen LogP contribution in [0, 0.1) is 6.92 Å². The molecule has 5 rings (SSSR count). The second-order valence-electron chi connectivity index (χ2n) is 7.38. The monoisotopic (exact) mass is 397 g/mol. The van der Waals surface area contributed by atoms with Gasteiger partial charge in [0.1, 0.15) is 5.01 Å². The van der Waals surface area contributed by atoms with Crippen molar-refractivity contribution in [2.45, 2.75) is 26.9 Å². The maximum Gasteiger partial charge on any atom is 0.124 e. The summed E-state index contributed by atoms with van der Waals surface area (Å²) in [4.78, 5) is 4.79. The Hall–Kier alpha value is -3.11. The average Bonchev–Trinajstić information content (AvgIpc) is 3.33. The summed E-state index contributed by atoms with van der Waals surface area (Å²) in [5.74, 6) is 0. The van der Waals surface area contributed by atoms with E-state index in [9.17, 15) is 0 Å². The summed E-state index contributed by atoms with van der Waals surface area (Å²) in [6.07, 6.45) is 2.26. The van der Waals surface area contributed by atoms with Gasteiger partial charge in [0.25, 0.3) is 0 Å². The molecule has 0 saturated carbocycles. The predicted octanol–water partition coefficient (Wildman–Crippen LogP) is 6.86. The van der Waals surface area contributed by atoms with Crippen LogP contribution < -0.4 is 5.32 Å². The zero-order chi connectivity index (χ0) is 19.8. The molecule has 0 spiro atoms. The van der Waals surface area contributed by atoms with Crippen LogP contribution >= 0.6 is 11.3 Å². The lowest BCUT2D eigenvalue weighted by atomic mass is 10.1. The van der Waals surface area contributed by atoms with Crippen LogP contribution in [0.1, 0.15) is 18.1 Å². The molecule has 3 aromatic carbocycles. The Bertz CT molecular complexity index is 1300. The third-order valence-electron chi connectivity index (χ3n) is 5.37. The second kappa shape index (κ2) is 7.37. The number of hydrogen-bond acceptors (Lipinski definition) is 3. The average molecular weight is 398 g/mol. The summed E-state index contributed by atoms with van der Waals surface area (Å²) in [5, 5.41) is 5.97. The first-order valence-electron chi connectivity index (χ1n) is 9.99. The third-order valence-corrected chi connectivity index (χ3v) is 6.44. The van der Waals surface area contributed by atoms with Crippen molar-refractivity contribution in [3.05, 3.63) is 84.1 Å². The minimum Gasteiger partial charge on any atom is -0.381 e. The van der Waals surface area contributed by atoms with Crippen LogP contribution in [-0.2, 0) is 13.1 Å². The van der Waals surface area contributed by atoms with Gasteiger partial charge in [0.2, 0.25) is 0 Å². The van der Waals surface area contributed by atoms with Crippen LogP contribution in [0.2, 0.25) is 0 Å². The molecule has 5 aromatic rings. The summed E-state index contributed by atoms with van der Waals surface area (Å²) < 4.78 is 3.55. The van der Waals surface area contributed by atoms with Gasteiger partial charge in [0.05, 0.1) is 10.2 Å². The molecule has 0 unspecified atom stereocenters. The molecule has 0 bridgehead atoms. The summed E-state index contributed by atoms with van der Waals surface area (Å²) in [5.41, 5.74) is 7.26. The normalized spacial score (nSPS) is 11.4. The number of hydrogen-bond donors (Lipinski definition) is 1. The molecule has 0 saturated heterocycles. The first-order valence-corrected chi connectivity index (χ1v) is 10.8. The van der Waals surface area contributed by atoms with Gasteiger partial charge in [0, 0.05) is 41.4 Å². The minimum atomic E-state index is 0.813. The zero-order valence-corrected chi connectivity index (χ0v) is 17.5. The predicted molar refractivity (Wildman–Crippen MR) is 125 cm³/mol. The van der Waals surface area contributed by atoms with Gasteiger partial charge >= 0.3 is 0 Å². The Labute approximate surface area is 174 Å². The lowest BCUT2D eigenvalue weighted by Crippen LogP contribution is -1.98. The minimum absolute atomic E-state index is 0.813. The van der Waals surface area contributed by atoms with Crippen molar-refractivity contribution in [2.75, 3.05) is 5.32 Å². The molecule has 0 aliphatic heterocycles. The van der Waals surface area contributed by atoms with Crippen molar-refractivity contribution in [3.63, 3.8) is 0 Å². The molecular weight excluding hydrogens is 374 g/mol. The van der Waals surface area contributed by atoms with E-state index in [-0.39, 0.29) is 0 Å². The lowest BCUT2D eigenvalue weighted by Gasteiger charge is -2.06. The smallest absolute Gasteiger partial charge is 0.124 e. The van der Waals surface area contributed by atoms with Crippen LogP contribution in [0.25, 0.3) is 31.7 Å². The molecule has 4 heteroatoms.